The Morgan fingerprint density at radius 2 is 0.861 bits per heavy atom. The summed E-state index contributed by atoms with van der Waals surface area (Å²) in [5, 5.41) is 0. The molecule has 0 bridgehead atoms. The van der Waals surface area contributed by atoms with Gasteiger partial charge in [-0.25, -0.2) is 0 Å². The lowest BCUT2D eigenvalue weighted by Crippen LogP contribution is -2.43. The molecular formula is C26H38B2N2O6. The van der Waals surface area contributed by atoms with E-state index in [2.05, 4.69) is 0 Å². The first-order valence-electron chi connectivity index (χ1n) is 12.8. The van der Waals surface area contributed by atoms with Crippen molar-refractivity contribution in [1.82, 2.24) is 9.80 Å². The van der Waals surface area contributed by atoms with E-state index in [0.29, 0.717) is 48.6 Å². The number of rotatable bonds is 11. The summed E-state index contributed by atoms with van der Waals surface area (Å²) in [6.07, 6.45) is 10.2. The van der Waals surface area contributed by atoms with Gasteiger partial charge in [0.15, 0.2) is 22.7 Å². The van der Waals surface area contributed by atoms with Crippen molar-refractivity contribution in [2.45, 2.75) is 67.2 Å². The van der Waals surface area contributed by atoms with Gasteiger partial charge in [0, 0.05) is 73.4 Å². The van der Waals surface area contributed by atoms with Crippen molar-refractivity contribution in [3.8, 4) is 0 Å². The Balaban J connectivity index is 2.18. The Hall–Kier alpha value is -2.71. The summed E-state index contributed by atoms with van der Waals surface area (Å²) in [5.74, 6) is 0. The first-order chi connectivity index (χ1) is 17.1. The molecule has 0 unspecified atom stereocenters. The van der Waals surface area contributed by atoms with Crippen molar-refractivity contribution in [2.75, 3.05) is 26.3 Å². The van der Waals surface area contributed by atoms with Gasteiger partial charge in [-0.15, -0.1) is 0 Å². The normalized spacial score (nSPS) is 23.6. The molecule has 36 heavy (non-hydrogen) atoms. The molecular weight excluding hydrogens is 458 g/mol. The highest BCUT2D eigenvalue weighted by Crippen LogP contribution is 2.17. The Morgan fingerprint density at radius 3 is 1.11 bits per heavy atom. The Kier molecular flexibility index (Phi) is 11.6. The molecule has 0 atom stereocenters. The smallest absolute Gasteiger partial charge is 0.423 e. The Bertz CT molecular complexity index is 843. The molecule has 0 fully saturated rings. The van der Waals surface area contributed by atoms with Crippen LogP contribution in [-0.4, -0.2) is 72.7 Å². The predicted molar refractivity (Wildman–Crippen MR) is 142 cm³/mol. The largest absolute Gasteiger partial charge is 0.453 e. The molecule has 10 heteroatoms. The molecule has 0 aromatic rings. The molecule has 0 N–H and O–H groups in total. The molecule has 0 saturated carbocycles. The number of hydrogen-bond donors (Lipinski definition) is 0. The molecule has 0 aromatic heterocycles. The Morgan fingerprint density at radius 1 is 0.583 bits per heavy atom. The highest BCUT2D eigenvalue weighted by molar-refractivity contribution is 7.11. The van der Waals surface area contributed by atoms with Crippen molar-refractivity contribution in [1.29, 1.82) is 0 Å². The summed E-state index contributed by atoms with van der Waals surface area (Å²) in [7, 11) is 0. The fourth-order valence-electron chi connectivity index (χ4n) is 3.87. The van der Waals surface area contributed by atoms with Gasteiger partial charge in [-0.05, 0) is 40.5 Å². The first-order valence-corrected chi connectivity index (χ1v) is 12.8. The third-order valence-electron chi connectivity index (χ3n) is 6.13. The zero-order chi connectivity index (χ0) is 26.8. The summed E-state index contributed by atoms with van der Waals surface area (Å²) >= 11 is 0. The molecule has 0 radical (unpaired) electrons. The second-order valence-corrected chi connectivity index (χ2v) is 9.39. The molecule has 194 valence electrons. The summed E-state index contributed by atoms with van der Waals surface area (Å²) in [6, 6.07) is 0. The van der Waals surface area contributed by atoms with Crippen LogP contribution in [0.4, 0.5) is 0 Å². The van der Waals surface area contributed by atoms with Crippen LogP contribution in [0.2, 0.25) is 0 Å². The SMILES string of the molecule is CCCCOB1C(=O)/C(C)=C\N(CCN2/C=C(/C)C(=O)B(OCCCC)C(=O)/C(C)=C\2)/C=C(/C)C1=O. The van der Waals surface area contributed by atoms with E-state index in [4.69, 9.17) is 9.31 Å². The van der Waals surface area contributed by atoms with E-state index < -0.39 is 13.8 Å². The van der Waals surface area contributed by atoms with Crippen LogP contribution >= 0.6 is 0 Å². The van der Waals surface area contributed by atoms with Crippen LogP contribution in [0.25, 0.3) is 0 Å². The van der Waals surface area contributed by atoms with Gasteiger partial charge < -0.3 is 38.3 Å². The molecule has 0 spiro atoms. The van der Waals surface area contributed by atoms with E-state index in [-0.39, 0.29) is 22.7 Å². The van der Waals surface area contributed by atoms with Crippen molar-refractivity contribution in [3.05, 3.63) is 47.1 Å². The van der Waals surface area contributed by atoms with Crippen molar-refractivity contribution in [3.63, 3.8) is 0 Å². The van der Waals surface area contributed by atoms with Crippen LogP contribution in [0.3, 0.4) is 0 Å². The minimum atomic E-state index is -1.11. The number of nitrogens with zero attached hydrogens (tertiary/aromatic N) is 2. The number of hydrogen-bond acceptors (Lipinski definition) is 8. The van der Waals surface area contributed by atoms with Crippen molar-refractivity contribution in [2.24, 2.45) is 0 Å². The lowest BCUT2D eigenvalue weighted by molar-refractivity contribution is -0.115. The lowest BCUT2D eigenvalue weighted by Gasteiger charge is -2.26. The third kappa shape index (κ3) is 7.90. The average molecular weight is 496 g/mol. The molecule has 2 aliphatic rings. The summed E-state index contributed by atoms with van der Waals surface area (Å²) < 4.78 is 11.3. The summed E-state index contributed by atoms with van der Waals surface area (Å²) in [4.78, 5) is 55.1. The van der Waals surface area contributed by atoms with Gasteiger partial charge in [0.25, 0.3) is 0 Å². The van der Waals surface area contributed by atoms with Crippen LogP contribution in [0.1, 0.15) is 67.2 Å². The minimum Gasteiger partial charge on any atom is -0.423 e. The molecule has 0 aromatic carbocycles. The molecule has 0 amide bonds. The topological polar surface area (TPSA) is 93.2 Å². The second kappa shape index (κ2) is 14.1. The van der Waals surface area contributed by atoms with Crippen LogP contribution in [0, 0.1) is 0 Å². The van der Waals surface area contributed by atoms with Crippen LogP contribution < -0.4 is 0 Å². The average Bonchev–Trinajstić information content (AvgIpc) is 2.84. The van der Waals surface area contributed by atoms with E-state index >= 15 is 0 Å². The molecule has 0 aliphatic carbocycles. The van der Waals surface area contributed by atoms with Crippen LogP contribution in [0.5, 0.6) is 0 Å². The monoisotopic (exact) mass is 496 g/mol. The van der Waals surface area contributed by atoms with Gasteiger partial charge in [0.2, 0.25) is 0 Å². The molecule has 2 aliphatic heterocycles. The summed E-state index contributed by atoms with van der Waals surface area (Å²) in [5.41, 5.74) is 0.366. The lowest BCUT2D eigenvalue weighted by atomic mass is 9.55. The second-order valence-electron chi connectivity index (χ2n) is 9.39. The maximum absolute atomic E-state index is 12.9. The highest BCUT2D eigenvalue weighted by atomic mass is 16.4. The third-order valence-corrected chi connectivity index (χ3v) is 6.13. The van der Waals surface area contributed by atoms with E-state index in [9.17, 15) is 19.2 Å². The van der Waals surface area contributed by atoms with Crippen LogP contribution in [0.15, 0.2) is 47.1 Å². The zero-order valence-electron chi connectivity index (χ0n) is 22.5. The number of allylic oxidation sites excluding steroid dienone is 4. The van der Waals surface area contributed by atoms with E-state index in [1.54, 1.807) is 62.3 Å². The minimum absolute atomic E-state index is 0.336. The zero-order valence-corrected chi connectivity index (χ0v) is 22.5. The fourth-order valence-corrected chi connectivity index (χ4v) is 3.87. The number of carbonyl (C=O) groups excluding carboxylic acids is 4. The summed E-state index contributed by atoms with van der Waals surface area (Å²) in [6.45, 7) is 10.1. The molecule has 2 heterocycles. The maximum Gasteiger partial charge on any atom is 0.453 e. The van der Waals surface area contributed by atoms with Gasteiger partial charge in [-0.3, -0.25) is 0 Å². The van der Waals surface area contributed by atoms with E-state index in [1.807, 2.05) is 13.8 Å². The van der Waals surface area contributed by atoms with Crippen molar-refractivity contribution >= 4 is 36.6 Å². The number of unbranched alkanes of at least 4 members (excludes halogenated alkanes) is 2. The standard InChI is InChI=1S/C26H38B2N2O6/c1-7-9-13-35-27-23(31)19(3)15-29(16-20(4)24(27)32)11-12-30-17-21(5)25(33)28(36-14-10-8-2)26(34)22(6)18-30/h15-18H,7-14H2,1-6H3/b19-15-,20-16-,21-17-,22-18-. The van der Waals surface area contributed by atoms with Gasteiger partial charge in [0.05, 0.1) is 0 Å². The predicted octanol–water partition coefficient (Wildman–Crippen LogP) is 3.28. The van der Waals surface area contributed by atoms with Crippen molar-refractivity contribution < 1.29 is 28.5 Å². The highest BCUT2D eigenvalue weighted by Gasteiger charge is 2.38. The quantitative estimate of drug-likeness (QED) is 0.318. The molecule has 0 saturated heterocycles. The molecule has 2 rings (SSSR count). The molecule has 8 nitrogen and oxygen atoms in total. The maximum atomic E-state index is 12.9. The van der Waals surface area contributed by atoms with Crippen LogP contribution in [-0.2, 0) is 28.5 Å². The number of carbonyl (C=O) groups is 4. The fraction of sp³-hybridized carbons (Fsp3) is 0.538. The van der Waals surface area contributed by atoms with E-state index in [1.165, 1.54) is 0 Å². The van der Waals surface area contributed by atoms with E-state index in [0.717, 1.165) is 25.7 Å². The Labute approximate surface area is 215 Å². The van der Waals surface area contributed by atoms with Gasteiger partial charge in [0.1, 0.15) is 0 Å². The van der Waals surface area contributed by atoms with Gasteiger partial charge in [-0.1, -0.05) is 26.7 Å². The first kappa shape index (κ1) is 29.5. The van der Waals surface area contributed by atoms with Gasteiger partial charge in [-0.2, -0.15) is 0 Å². The van der Waals surface area contributed by atoms with Gasteiger partial charge >= 0.3 is 13.8 Å².